The number of hydrogen-bond donors (Lipinski definition) is 0. The second kappa shape index (κ2) is 10.1. The van der Waals surface area contributed by atoms with E-state index in [1.807, 2.05) is 79.7 Å². The van der Waals surface area contributed by atoms with E-state index in [1.165, 1.54) is 17.9 Å². The quantitative estimate of drug-likeness (QED) is 0.411. The third-order valence-electron chi connectivity index (χ3n) is 4.33. The summed E-state index contributed by atoms with van der Waals surface area (Å²) < 4.78 is 5.23. The Bertz CT molecular complexity index is 913. The Hall–Kier alpha value is -3.59. The van der Waals surface area contributed by atoms with Crippen molar-refractivity contribution >= 4 is 23.6 Å². The number of amides is 1. The van der Waals surface area contributed by atoms with Crippen LogP contribution in [0, 0.1) is 11.3 Å². The van der Waals surface area contributed by atoms with Crippen LogP contribution in [0.3, 0.4) is 0 Å². The van der Waals surface area contributed by atoms with Crippen molar-refractivity contribution in [2.24, 2.45) is 0 Å². The van der Waals surface area contributed by atoms with Gasteiger partial charge < -0.3 is 14.5 Å². The zero-order valence-corrected chi connectivity index (χ0v) is 17.1. The predicted octanol–water partition coefficient (Wildman–Crippen LogP) is 3.25. The largest absolute Gasteiger partial charge is 0.448 e. The topological polar surface area (TPSA) is 73.6 Å². The standard InChI is InChI=1S/C23H25N3O3/c1-17(22(27)26(4)16-19-8-6-5-7-9-19)29-23(28)20(15-24)14-18-10-12-21(13-11-18)25(2)3/h5-14,17H,16H2,1-4H3/b20-14-/t17-/m1/s1. The lowest BCUT2D eigenvalue weighted by Gasteiger charge is -2.21. The fraction of sp³-hybridized carbons (Fsp3) is 0.261. The molecule has 0 heterocycles. The van der Waals surface area contributed by atoms with Gasteiger partial charge in [-0.1, -0.05) is 42.5 Å². The highest BCUT2D eigenvalue weighted by atomic mass is 16.5. The summed E-state index contributed by atoms with van der Waals surface area (Å²) in [7, 11) is 5.50. The molecular formula is C23H25N3O3. The van der Waals surface area contributed by atoms with E-state index < -0.39 is 12.1 Å². The molecule has 2 aromatic rings. The van der Waals surface area contributed by atoms with Crippen molar-refractivity contribution in [2.45, 2.75) is 19.6 Å². The molecule has 1 amide bonds. The van der Waals surface area contributed by atoms with E-state index in [0.29, 0.717) is 12.1 Å². The number of anilines is 1. The second-order valence-electron chi connectivity index (χ2n) is 6.88. The first-order chi connectivity index (χ1) is 13.8. The van der Waals surface area contributed by atoms with Crippen LogP contribution in [0.2, 0.25) is 0 Å². The van der Waals surface area contributed by atoms with Crippen LogP contribution in [0.5, 0.6) is 0 Å². The van der Waals surface area contributed by atoms with E-state index in [0.717, 1.165) is 11.3 Å². The summed E-state index contributed by atoms with van der Waals surface area (Å²) in [5, 5.41) is 9.33. The Kier molecular flexibility index (Phi) is 7.55. The van der Waals surface area contributed by atoms with Gasteiger partial charge in [-0.25, -0.2) is 4.79 Å². The Morgan fingerprint density at radius 2 is 1.69 bits per heavy atom. The number of rotatable bonds is 7. The Morgan fingerprint density at radius 3 is 2.24 bits per heavy atom. The highest BCUT2D eigenvalue weighted by Crippen LogP contribution is 2.15. The molecule has 0 aliphatic carbocycles. The van der Waals surface area contributed by atoms with Gasteiger partial charge in [-0.05, 0) is 36.3 Å². The molecule has 0 aliphatic rings. The van der Waals surface area contributed by atoms with Crippen LogP contribution in [-0.2, 0) is 20.9 Å². The molecular weight excluding hydrogens is 366 g/mol. The maximum Gasteiger partial charge on any atom is 0.349 e. The molecule has 0 radical (unpaired) electrons. The number of nitriles is 1. The van der Waals surface area contributed by atoms with Gasteiger partial charge in [0.2, 0.25) is 0 Å². The van der Waals surface area contributed by atoms with Crippen LogP contribution in [0.15, 0.2) is 60.2 Å². The number of carbonyl (C=O) groups is 2. The van der Waals surface area contributed by atoms with Crippen molar-refractivity contribution in [3.8, 4) is 6.07 Å². The van der Waals surface area contributed by atoms with Gasteiger partial charge in [0, 0.05) is 33.4 Å². The normalized spacial score (nSPS) is 11.9. The van der Waals surface area contributed by atoms with Crippen LogP contribution < -0.4 is 4.90 Å². The molecule has 0 N–H and O–H groups in total. The first kappa shape index (κ1) is 21.7. The summed E-state index contributed by atoms with van der Waals surface area (Å²) in [6.07, 6.45) is 0.455. The van der Waals surface area contributed by atoms with E-state index in [4.69, 9.17) is 4.74 Å². The van der Waals surface area contributed by atoms with Crippen LogP contribution in [0.1, 0.15) is 18.1 Å². The summed E-state index contributed by atoms with van der Waals surface area (Å²) >= 11 is 0. The monoisotopic (exact) mass is 391 g/mol. The van der Waals surface area contributed by atoms with Gasteiger partial charge in [0.25, 0.3) is 5.91 Å². The molecule has 0 saturated carbocycles. The first-order valence-electron chi connectivity index (χ1n) is 9.21. The summed E-state index contributed by atoms with van der Waals surface area (Å²) in [5.41, 5.74) is 2.52. The van der Waals surface area contributed by atoms with Crippen LogP contribution in [-0.4, -0.2) is 44.0 Å². The Morgan fingerprint density at radius 1 is 1.07 bits per heavy atom. The minimum atomic E-state index is -0.996. The average molecular weight is 391 g/mol. The molecule has 29 heavy (non-hydrogen) atoms. The predicted molar refractivity (Wildman–Crippen MR) is 113 cm³/mol. The van der Waals surface area contributed by atoms with Crippen molar-refractivity contribution < 1.29 is 14.3 Å². The molecule has 2 rings (SSSR count). The van der Waals surface area contributed by atoms with Gasteiger partial charge in [-0.2, -0.15) is 5.26 Å². The summed E-state index contributed by atoms with van der Waals surface area (Å²) in [6, 6.07) is 18.8. The van der Waals surface area contributed by atoms with Gasteiger partial charge >= 0.3 is 5.97 Å². The first-order valence-corrected chi connectivity index (χ1v) is 9.21. The fourth-order valence-electron chi connectivity index (χ4n) is 2.69. The molecule has 0 spiro atoms. The molecule has 2 aromatic carbocycles. The van der Waals surface area contributed by atoms with E-state index >= 15 is 0 Å². The molecule has 1 atom stereocenters. The maximum absolute atomic E-state index is 12.5. The Balaban J connectivity index is 2.02. The van der Waals surface area contributed by atoms with Crippen molar-refractivity contribution in [2.75, 3.05) is 26.0 Å². The number of nitrogens with zero attached hydrogens (tertiary/aromatic N) is 3. The summed E-state index contributed by atoms with van der Waals surface area (Å²) in [5.74, 6) is -1.16. The van der Waals surface area contributed by atoms with Crippen molar-refractivity contribution in [3.63, 3.8) is 0 Å². The lowest BCUT2D eigenvalue weighted by molar-refractivity contribution is -0.155. The smallest absolute Gasteiger partial charge is 0.349 e. The van der Waals surface area contributed by atoms with E-state index in [2.05, 4.69) is 0 Å². The summed E-state index contributed by atoms with van der Waals surface area (Å²) in [4.78, 5) is 28.3. The average Bonchev–Trinajstić information content (AvgIpc) is 2.72. The van der Waals surface area contributed by atoms with Gasteiger partial charge in [0.15, 0.2) is 6.10 Å². The SMILES string of the molecule is C[C@@H](OC(=O)/C(C#N)=C\c1ccc(N(C)C)cc1)C(=O)N(C)Cc1ccccc1. The lowest BCUT2D eigenvalue weighted by atomic mass is 10.1. The van der Waals surface area contributed by atoms with Crippen molar-refractivity contribution in [1.29, 1.82) is 5.26 Å². The molecule has 0 saturated heterocycles. The number of benzene rings is 2. The van der Waals surface area contributed by atoms with Gasteiger partial charge in [0.05, 0.1) is 0 Å². The molecule has 150 valence electrons. The molecule has 0 fully saturated rings. The maximum atomic E-state index is 12.5. The lowest BCUT2D eigenvalue weighted by Crippen LogP contribution is -2.37. The minimum absolute atomic E-state index is 0.159. The van der Waals surface area contributed by atoms with Gasteiger partial charge in [0.1, 0.15) is 11.6 Å². The third-order valence-corrected chi connectivity index (χ3v) is 4.33. The molecule has 6 heteroatoms. The van der Waals surface area contributed by atoms with E-state index in [9.17, 15) is 14.9 Å². The molecule has 0 unspecified atom stereocenters. The zero-order chi connectivity index (χ0) is 21.4. The highest BCUT2D eigenvalue weighted by molar-refractivity contribution is 5.99. The van der Waals surface area contributed by atoms with Crippen molar-refractivity contribution in [3.05, 3.63) is 71.3 Å². The number of hydrogen-bond acceptors (Lipinski definition) is 5. The van der Waals surface area contributed by atoms with Crippen molar-refractivity contribution in [1.82, 2.24) is 4.90 Å². The minimum Gasteiger partial charge on any atom is -0.448 e. The molecule has 0 aliphatic heterocycles. The van der Waals surface area contributed by atoms with E-state index in [1.54, 1.807) is 7.05 Å². The number of esters is 1. The molecule has 0 aromatic heterocycles. The number of ether oxygens (including phenoxy) is 1. The Labute approximate surface area is 171 Å². The highest BCUT2D eigenvalue weighted by Gasteiger charge is 2.23. The number of carbonyl (C=O) groups excluding carboxylic acids is 2. The van der Waals surface area contributed by atoms with E-state index in [-0.39, 0.29) is 11.5 Å². The fourth-order valence-corrected chi connectivity index (χ4v) is 2.69. The van der Waals surface area contributed by atoms with Crippen LogP contribution in [0.4, 0.5) is 5.69 Å². The zero-order valence-electron chi connectivity index (χ0n) is 17.1. The molecule has 6 nitrogen and oxygen atoms in total. The third kappa shape index (κ3) is 6.22. The summed E-state index contributed by atoms with van der Waals surface area (Å²) in [6.45, 7) is 1.91. The molecule has 0 bridgehead atoms. The van der Waals surface area contributed by atoms with Gasteiger partial charge in [-0.15, -0.1) is 0 Å². The van der Waals surface area contributed by atoms with Gasteiger partial charge in [-0.3, -0.25) is 4.79 Å². The number of likely N-dealkylation sites (N-methyl/N-ethyl adjacent to an activating group) is 1. The van der Waals surface area contributed by atoms with Crippen LogP contribution in [0.25, 0.3) is 6.08 Å². The van der Waals surface area contributed by atoms with Crippen LogP contribution >= 0.6 is 0 Å². The second-order valence-corrected chi connectivity index (χ2v) is 6.88.